The Balaban J connectivity index is 1.38. The maximum absolute atomic E-state index is 5.95. The van der Waals surface area contributed by atoms with Gasteiger partial charge in [-0.3, -0.25) is 0 Å². The molecule has 0 saturated carbocycles. The third-order valence-corrected chi connectivity index (χ3v) is 6.16. The van der Waals surface area contributed by atoms with Gasteiger partial charge in [-0.2, -0.15) is 11.8 Å². The average molecular weight is 391 g/mol. The molecule has 0 aliphatic carbocycles. The van der Waals surface area contributed by atoms with Crippen molar-refractivity contribution >= 4 is 17.7 Å². The molecule has 0 saturated heterocycles. The molecule has 4 rings (SSSR count). The van der Waals surface area contributed by atoms with Crippen LogP contribution in [0.25, 0.3) is 0 Å². The molecule has 3 nitrogen and oxygen atoms in total. The molecule has 1 aliphatic heterocycles. The Kier molecular flexibility index (Phi) is 5.87. The number of thioether (sulfide) groups is 1. The second-order valence-corrected chi connectivity index (χ2v) is 8.38. The SMILES string of the molecule is Cc1cccc(Cn2cccc2C2=N[C@@H](CSCc3ccccc3C)CO2)c1. The molecule has 1 aliphatic rings. The first-order valence-electron chi connectivity index (χ1n) is 9.73. The third-order valence-electron chi connectivity index (χ3n) is 5.03. The van der Waals surface area contributed by atoms with Gasteiger partial charge in [-0.15, -0.1) is 0 Å². The molecule has 2 heterocycles. The minimum atomic E-state index is 0.228. The first-order chi connectivity index (χ1) is 13.7. The summed E-state index contributed by atoms with van der Waals surface area (Å²) >= 11 is 1.93. The lowest BCUT2D eigenvalue weighted by atomic mass is 10.1. The predicted molar refractivity (Wildman–Crippen MR) is 118 cm³/mol. The number of rotatable bonds is 7. The van der Waals surface area contributed by atoms with Gasteiger partial charge in [-0.1, -0.05) is 54.1 Å². The maximum Gasteiger partial charge on any atom is 0.233 e. The fourth-order valence-electron chi connectivity index (χ4n) is 3.47. The zero-order valence-corrected chi connectivity index (χ0v) is 17.3. The van der Waals surface area contributed by atoms with Crippen molar-refractivity contribution in [2.24, 2.45) is 4.99 Å². The van der Waals surface area contributed by atoms with Crippen LogP contribution in [0.3, 0.4) is 0 Å². The van der Waals surface area contributed by atoms with E-state index < -0.39 is 0 Å². The number of aromatic nitrogens is 1. The summed E-state index contributed by atoms with van der Waals surface area (Å²) in [6.45, 7) is 5.81. The number of ether oxygens (including phenoxy) is 1. The first-order valence-corrected chi connectivity index (χ1v) is 10.9. The van der Waals surface area contributed by atoms with E-state index in [1.54, 1.807) is 0 Å². The van der Waals surface area contributed by atoms with Gasteiger partial charge in [-0.05, 0) is 42.7 Å². The number of nitrogens with zero attached hydrogens (tertiary/aromatic N) is 2. The van der Waals surface area contributed by atoms with Gasteiger partial charge in [0, 0.05) is 24.2 Å². The standard InChI is InChI=1S/C24H26N2OS/c1-18-7-5-9-20(13-18)14-26-12-6-11-23(26)24-25-22(15-27-24)17-28-16-21-10-4-3-8-19(21)2/h3-13,22H,14-17H2,1-2H3/t22-/m1/s1. The normalized spacial score (nSPS) is 16.1. The van der Waals surface area contributed by atoms with E-state index in [0.29, 0.717) is 6.61 Å². The van der Waals surface area contributed by atoms with Crippen molar-refractivity contribution in [2.75, 3.05) is 12.4 Å². The molecule has 0 N–H and O–H groups in total. The summed E-state index contributed by atoms with van der Waals surface area (Å²) in [5.74, 6) is 2.79. The highest BCUT2D eigenvalue weighted by molar-refractivity contribution is 7.98. The van der Waals surface area contributed by atoms with Gasteiger partial charge in [0.05, 0.1) is 6.04 Å². The third kappa shape index (κ3) is 4.50. The van der Waals surface area contributed by atoms with Crippen LogP contribution in [-0.4, -0.2) is 28.9 Å². The van der Waals surface area contributed by atoms with E-state index in [9.17, 15) is 0 Å². The van der Waals surface area contributed by atoms with E-state index in [0.717, 1.165) is 29.6 Å². The molecule has 0 radical (unpaired) electrons. The van der Waals surface area contributed by atoms with Gasteiger partial charge in [0.1, 0.15) is 12.3 Å². The summed E-state index contributed by atoms with van der Waals surface area (Å²) < 4.78 is 8.17. The highest BCUT2D eigenvalue weighted by Crippen LogP contribution is 2.21. The number of hydrogen-bond acceptors (Lipinski definition) is 3. The van der Waals surface area contributed by atoms with E-state index in [1.807, 2.05) is 11.8 Å². The quantitative estimate of drug-likeness (QED) is 0.552. The summed E-state index contributed by atoms with van der Waals surface area (Å²) in [4.78, 5) is 4.86. The summed E-state index contributed by atoms with van der Waals surface area (Å²) in [5.41, 5.74) is 6.40. The molecule has 1 aromatic heterocycles. The van der Waals surface area contributed by atoms with Crippen molar-refractivity contribution in [1.82, 2.24) is 4.57 Å². The smallest absolute Gasteiger partial charge is 0.233 e. The highest BCUT2D eigenvalue weighted by Gasteiger charge is 2.22. The van der Waals surface area contributed by atoms with Crippen molar-refractivity contribution in [3.8, 4) is 0 Å². The molecule has 0 unspecified atom stereocenters. The topological polar surface area (TPSA) is 26.5 Å². The summed E-state index contributed by atoms with van der Waals surface area (Å²) in [7, 11) is 0. The van der Waals surface area contributed by atoms with E-state index in [1.165, 1.54) is 22.3 Å². The zero-order valence-electron chi connectivity index (χ0n) is 16.5. The van der Waals surface area contributed by atoms with Gasteiger partial charge >= 0.3 is 0 Å². The van der Waals surface area contributed by atoms with Gasteiger partial charge in [0.15, 0.2) is 0 Å². The first kappa shape index (κ1) is 18.9. The lowest BCUT2D eigenvalue weighted by Gasteiger charge is -2.09. The van der Waals surface area contributed by atoms with Crippen LogP contribution in [0.1, 0.15) is 27.9 Å². The van der Waals surface area contributed by atoms with E-state index in [-0.39, 0.29) is 6.04 Å². The van der Waals surface area contributed by atoms with Crippen LogP contribution in [0.5, 0.6) is 0 Å². The highest BCUT2D eigenvalue weighted by atomic mass is 32.2. The number of benzene rings is 2. The van der Waals surface area contributed by atoms with Crippen LogP contribution in [0, 0.1) is 13.8 Å². The van der Waals surface area contributed by atoms with Gasteiger partial charge in [0.25, 0.3) is 0 Å². The van der Waals surface area contributed by atoms with Crippen LogP contribution >= 0.6 is 11.8 Å². The molecule has 28 heavy (non-hydrogen) atoms. The Hall–Kier alpha value is -2.46. The van der Waals surface area contributed by atoms with E-state index in [4.69, 9.17) is 9.73 Å². The summed E-state index contributed by atoms with van der Waals surface area (Å²) in [6, 6.07) is 21.6. The molecule has 2 aromatic carbocycles. The second kappa shape index (κ2) is 8.70. The molecule has 0 bridgehead atoms. The van der Waals surface area contributed by atoms with Crippen LogP contribution < -0.4 is 0 Å². The number of aryl methyl sites for hydroxylation is 2. The van der Waals surface area contributed by atoms with E-state index in [2.05, 4.69) is 85.3 Å². The lowest BCUT2D eigenvalue weighted by Crippen LogP contribution is -2.11. The average Bonchev–Trinajstić information content (AvgIpc) is 3.33. The molecule has 144 valence electrons. The minimum Gasteiger partial charge on any atom is -0.474 e. The summed E-state index contributed by atoms with van der Waals surface area (Å²) in [5, 5.41) is 0. The Morgan fingerprint density at radius 2 is 1.96 bits per heavy atom. The molecule has 3 aromatic rings. The minimum absolute atomic E-state index is 0.228. The molecule has 0 spiro atoms. The Bertz CT molecular complexity index is 976. The Morgan fingerprint density at radius 3 is 2.82 bits per heavy atom. The van der Waals surface area contributed by atoms with Crippen molar-refractivity contribution in [2.45, 2.75) is 32.2 Å². The van der Waals surface area contributed by atoms with Crippen LogP contribution in [0.15, 0.2) is 71.9 Å². The Morgan fingerprint density at radius 1 is 1.07 bits per heavy atom. The zero-order chi connectivity index (χ0) is 19.3. The largest absolute Gasteiger partial charge is 0.474 e. The second-order valence-electron chi connectivity index (χ2n) is 7.35. The number of aliphatic imine (C=N–C) groups is 1. The lowest BCUT2D eigenvalue weighted by molar-refractivity contribution is 0.323. The van der Waals surface area contributed by atoms with Crippen LogP contribution in [-0.2, 0) is 17.0 Å². The molecular weight excluding hydrogens is 364 g/mol. The van der Waals surface area contributed by atoms with Gasteiger partial charge < -0.3 is 9.30 Å². The van der Waals surface area contributed by atoms with Crippen molar-refractivity contribution in [1.29, 1.82) is 0 Å². The molecule has 0 amide bonds. The number of hydrogen-bond donors (Lipinski definition) is 0. The maximum atomic E-state index is 5.95. The van der Waals surface area contributed by atoms with Gasteiger partial charge in [-0.25, -0.2) is 4.99 Å². The fraction of sp³-hybridized carbons (Fsp3) is 0.292. The van der Waals surface area contributed by atoms with Gasteiger partial charge in [0.2, 0.25) is 5.90 Å². The fourth-order valence-corrected chi connectivity index (χ4v) is 4.58. The van der Waals surface area contributed by atoms with Crippen molar-refractivity contribution < 1.29 is 4.74 Å². The predicted octanol–water partition coefficient (Wildman–Crippen LogP) is 5.23. The monoisotopic (exact) mass is 390 g/mol. The Labute approximate surface area is 171 Å². The van der Waals surface area contributed by atoms with Crippen molar-refractivity contribution in [3.05, 3.63) is 94.8 Å². The van der Waals surface area contributed by atoms with Crippen LogP contribution in [0.4, 0.5) is 0 Å². The summed E-state index contributed by atoms with van der Waals surface area (Å²) in [6.07, 6.45) is 2.10. The van der Waals surface area contributed by atoms with E-state index >= 15 is 0 Å². The molecule has 4 heteroatoms. The molecular formula is C24H26N2OS. The molecule has 0 fully saturated rings. The van der Waals surface area contributed by atoms with Crippen LogP contribution in [0.2, 0.25) is 0 Å². The molecule has 1 atom stereocenters. The van der Waals surface area contributed by atoms with Crippen molar-refractivity contribution in [3.63, 3.8) is 0 Å².